The summed E-state index contributed by atoms with van der Waals surface area (Å²) in [5.41, 5.74) is 3.42. The first-order valence-corrected chi connectivity index (χ1v) is 9.61. The number of benzene rings is 2. The Morgan fingerprint density at radius 3 is 2.50 bits per heavy atom. The van der Waals surface area contributed by atoms with Crippen LogP contribution in [0.1, 0.15) is 29.9 Å². The summed E-state index contributed by atoms with van der Waals surface area (Å²) in [6.07, 6.45) is 0.0378. The van der Waals surface area contributed by atoms with Gasteiger partial charge in [0.2, 0.25) is 0 Å². The minimum atomic E-state index is -0.307. The van der Waals surface area contributed by atoms with E-state index in [4.69, 9.17) is 9.47 Å². The molecular formula is C23H28N2O3. The molecule has 0 fully saturated rings. The van der Waals surface area contributed by atoms with Crippen molar-refractivity contribution in [3.05, 3.63) is 59.8 Å². The van der Waals surface area contributed by atoms with E-state index in [-0.39, 0.29) is 12.1 Å². The van der Waals surface area contributed by atoms with Crippen LogP contribution in [0.25, 0.3) is 16.6 Å². The van der Waals surface area contributed by atoms with Gasteiger partial charge >= 0.3 is 5.97 Å². The second kappa shape index (κ2) is 8.48. The first-order chi connectivity index (χ1) is 13.4. The first-order valence-electron chi connectivity index (χ1n) is 9.61. The van der Waals surface area contributed by atoms with Crippen molar-refractivity contribution in [2.45, 2.75) is 26.9 Å². The lowest BCUT2D eigenvalue weighted by Gasteiger charge is -2.19. The summed E-state index contributed by atoms with van der Waals surface area (Å²) in [5, 5.41) is 0.842. The Hall–Kier alpha value is -2.79. The van der Waals surface area contributed by atoms with Gasteiger partial charge in [-0.05, 0) is 65.2 Å². The molecule has 5 heteroatoms. The average Bonchev–Trinajstić information content (AvgIpc) is 2.93. The summed E-state index contributed by atoms with van der Waals surface area (Å²) in [6.45, 7) is 6.96. The average molecular weight is 380 g/mol. The molecule has 0 N–H and O–H groups in total. The normalized spacial score (nSPS) is 12.4. The van der Waals surface area contributed by atoms with E-state index in [2.05, 4.69) is 9.47 Å². The molecule has 3 aromatic rings. The second-order valence-corrected chi connectivity index (χ2v) is 7.22. The van der Waals surface area contributed by atoms with Crippen LogP contribution in [0.5, 0.6) is 5.75 Å². The Labute approximate surface area is 166 Å². The third-order valence-corrected chi connectivity index (χ3v) is 4.63. The van der Waals surface area contributed by atoms with Crippen LogP contribution in [-0.4, -0.2) is 48.8 Å². The van der Waals surface area contributed by atoms with Crippen LogP contribution in [0.3, 0.4) is 0 Å². The van der Waals surface area contributed by atoms with Crippen molar-refractivity contribution in [3.63, 3.8) is 0 Å². The maximum atomic E-state index is 12.7. The molecule has 1 atom stereocenters. The van der Waals surface area contributed by atoms with Crippen LogP contribution in [-0.2, 0) is 4.74 Å². The molecule has 0 spiro atoms. The van der Waals surface area contributed by atoms with Crippen molar-refractivity contribution in [2.75, 3.05) is 27.2 Å². The summed E-state index contributed by atoms with van der Waals surface area (Å²) in [7, 11) is 4.04. The Balaban J connectivity index is 2.13. The summed E-state index contributed by atoms with van der Waals surface area (Å²) >= 11 is 0. The third kappa shape index (κ3) is 4.04. The van der Waals surface area contributed by atoms with Crippen molar-refractivity contribution in [1.82, 2.24) is 9.47 Å². The van der Waals surface area contributed by atoms with Gasteiger partial charge in [-0.15, -0.1) is 0 Å². The molecule has 0 radical (unpaired) electrons. The zero-order valence-corrected chi connectivity index (χ0v) is 17.2. The van der Waals surface area contributed by atoms with Gasteiger partial charge in [-0.25, -0.2) is 4.79 Å². The third-order valence-electron chi connectivity index (χ3n) is 4.63. The van der Waals surface area contributed by atoms with Crippen LogP contribution in [0, 0.1) is 6.92 Å². The van der Waals surface area contributed by atoms with Gasteiger partial charge in [0.25, 0.3) is 0 Å². The number of likely N-dealkylation sites (N-methyl/N-ethyl adjacent to an activating group) is 1. The molecular weight excluding hydrogens is 352 g/mol. The summed E-state index contributed by atoms with van der Waals surface area (Å²) in [5.74, 6) is 0.441. The van der Waals surface area contributed by atoms with Crippen LogP contribution in [0.2, 0.25) is 0 Å². The Morgan fingerprint density at radius 2 is 1.86 bits per heavy atom. The van der Waals surface area contributed by atoms with Crippen molar-refractivity contribution < 1.29 is 14.3 Å². The molecule has 0 aliphatic heterocycles. The zero-order chi connectivity index (χ0) is 20.3. The van der Waals surface area contributed by atoms with E-state index < -0.39 is 0 Å². The van der Waals surface area contributed by atoms with E-state index in [1.807, 2.05) is 83.4 Å². The maximum absolute atomic E-state index is 12.7. The summed E-state index contributed by atoms with van der Waals surface area (Å²) in [4.78, 5) is 14.8. The van der Waals surface area contributed by atoms with Crippen LogP contribution < -0.4 is 4.74 Å². The quantitative estimate of drug-likeness (QED) is 0.568. The van der Waals surface area contributed by atoms with Gasteiger partial charge in [-0.2, -0.15) is 0 Å². The molecule has 0 amide bonds. The van der Waals surface area contributed by atoms with Crippen LogP contribution >= 0.6 is 0 Å². The number of esters is 1. The van der Waals surface area contributed by atoms with Gasteiger partial charge in [-0.1, -0.05) is 18.2 Å². The van der Waals surface area contributed by atoms with E-state index in [0.29, 0.717) is 12.2 Å². The molecule has 0 saturated heterocycles. The smallest absolute Gasteiger partial charge is 0.340 e. The monoisotopic (exact) mass is 380 g/mol. The van der Waals surface area contributed by atoms with E-state index in [1.165, 1.54) is 0 Å². The SMILES string of the molecule is CCOC(=O)c1c(C)n(-c2ccccc2)c2ccc(OC(C)CN(C)C)cc12. The number of nitrogens with zero attached hydrogens (tertiary/aromatic N) is 2. The number of para-hydroxylation sites is 1. The van der Waals surface area contributed by atoms with Crippen LogP contribution in [0.4, 0.5) is 0 Å². The fourth-order valence-corrected chi connectivity index (χ4v) is 3.63. The van der Waals surface area contributed by atoms with E-state index >= 15 is 0 Å². The van der Waals surface area contributed by atoms with E-state index in [1.54, 1.807) is 0 Å². The topological polar surface area (TPSA) is 43.7 Å². The Bertz CT molecular complexity index is 961. The number of carbonyl (C=O) groups is 1. The Morgan fingerprint density at radius 1 is 1.14 bits per heavy atom. The van der Waals surface area contributed by atoms with Gasteiger partial charge in [-0.3, -0.25) is 0 Å². The molecule has 1 heterocycles. The summed E-state index contributed by atoms with van der Waals surface area (Å²) < 4.78 is 13.5. The largest absolute Gasteiger partial charge is 0.489 e. The molecule has 148 valence electrons. The Kier molecular flexibility index (Phi) is 6.05. The van der Waals surface area contributed by atoms with Crippen molar-refractivity contribution in [1.29, 1.82) is 0 Å². The number of hydrogen-bond acceptors (Lipinski definition) is 4. The fourth-order valence-electron chi connectivity index (χ4n) is 3.63. The molecule has 5 nitrogen and oxygen atoms in total. The molecule has 0 saturated carbocycles. The van der Waals surface area contributed by atoms with Crippen LogP contribution in [0.15, 0.2) is 48.5 Å². The highest BCUT2D eigenvalue weighted by Crippen LogP contribution is 2.32. The molecule has 1 aromatic heterocycles. The lowest BCUT2D eigenvalue weighted by atomic mass is 10.1. The predicted octanol–water partition coefficient (Wildman–Crippen LogP) is 4.44. The number of ether oxygens (including phenoxy) is 2. The summed E-state index contributed by atoms with van der Waals surface area (Å²) in [6, 6.07) is 15.9. The highest BCUT2D eigenvalue weighted by atomic mass is 16.5. The molecule has 3 rings (SSSR count). The predicted molar refractivity (Wildman–Crippen MR) is 113 cm³/mol. The first kappa shape index (κ1) is 20.0. The van der Waals surface area contributed by atoms with Gasteiger partial charge < -0.3 is 18.9 Å². The highest BCUT2D eigenvalue weighted by molar-refractivity contribution is 6.07. The molecule has 0 aliphatic rings. The minimum absolute atomic E-state index is 0.0378. The van der Waals surface area contributed by atoms with Gasteiger partial charge in [0, 0.05) is 23.3 Å². The fraction of sp³-hybridized carbons (Fsp3) is 0.348. The molecule has 28 heavy (non-hydrogen) atoms. The molecule has 2 aromatic carbocycles. The van der Waals surface area contributed by atoms with Gasteiger partial charge in [0.05, 0.1) is 17.7 Å². The van der Waals surface area contributed by atoms with Crippen molar-refractivity contribution in [3.8, 4) is 11.4 Å². The number of fused-ring (bicyclic) bond motifs is 1. The molecule has 0 bridgehead atoms. The highest BCUT2D eigenvalue weighted by Gasteiger charge is 2.22. The molecule has 1 unspecified atom stereocenters. The minimum Gasteiger partial charge on any atom is -0.489 e. The van der Waals surface area contributed by atoms with Crippen molar-refractivity contribution >= 4 is 16.9 Å². The van der Waals surface area contributed by atoms with E-state index in [9.17, 15) is 4.79 Å². The maximum Gasteiger partial charge on any atom is 0.340 e. The lowest BCUT2D eigenvalue weighted by molar-refractivity contribution is 0.0527. The molecule has 0 aliphatic carbocycles. The number of aromatic nitrogens is 1. The lowest BCUT2D eigenvalue weighted by Crippen LogP contribution is -2.27. The second-order valence-electron chi connectivity index (χ2n) is 7.22. The number of carbonyl (C=O) groups excluding carboxylic acids is 1. The van der Waals surface area contributed by atoms with Gasteiger partial charge in [0.1, 0.15) is 11.9 Å². The van der Waals surface area contributed by atoms with Gasteiger partial charge in [0.15, 0.2) is 0 Å². The number of hydrogen-bond donors (Lipinski definition) is 0. The van der Waals surface area contributed by atoms with E-state index in [0.717, 1.165) is 34.6 Å². The van der Waals surface area contributed by atoms with Crippen molar-refractivity contribution in [2.24, 2.45) is 0 Å². The number of rotatable bonds is 7. The zero-order valence-electron chi connectivity index (χ0n) is 17.2. The standard InChI is InChI=1S/C23H28N2O3/c1-6-27-23(26)22-17(3)25(18-10-8-7-9-11-18)21-13-12-19(14-20(21)22)28-16(2)15-24(4)5/h7-14,16H,6,15H2,1-5H3.